The first-order chi connectivity index (χ1) is 13.8. The molecule has 0 aliphatic carbocycles. The summed E-state index contributed by atoms with van der Waals surface area (Å²) in [6.45, 7) is 3.22. The van der Waals surface area contributed by atoms with Crippen LogP contribution in [0.4, 0.5) is 13.2 Å². The van der Waals surface area contributed by atoms with Gasteiger partial charge in [0.05, 0.1) is 12.6 Å². The second-order valence-corrected chi connectivity index (χ2v) is 6.39. The highest BCUT2D eigenvalue weighted by Gasteiger charge is 2.28. The molecule has 1 heterocycles. The Labute approximate surface area is 167 Å². The van der Waals surface area contributed by atoms with Crippen molar-refractivity contribution >= 4 is 5.96 Å². The van der Waals surface area contributed by atoms with Crippen LogP contribution in [0.3, 0.4) is 0 Å². The number of alkyl halides is 3. The van der Waals surface area contributed by atoms with Crippen molar-refractivity contribution in [3.05, 3.63) is 59.4 Å². The zero-order valence-electron chi connectivity index (χ0n) is 16.3. The molecule has 2 aromatic rings. The van der Waals surface area contributed by atoms with E-state index in [2.05, 4.69) is 20.6 Å². The molecule has 1 atom stereocenters. The number of aliphatic hydroxyl groups excluding tert-OH is 1. The van der Waals surface area contributed by atoms with Crippen molar-refractivity contribution in [2.45, 2.75) is 32.7 Å². The maximum atomic E-state index is 12.5. The summed E-state index contributed by atoms with van der Waals surface area (Å²) < 4.78 is 42.5. The Bertz CT molecular complexity index is 798. The fraction of sp³-hybridized carbons (Fsp3) is 0.400. The number of nitrogens with zero attached hydrogens (tertiary/aromatic N) is 2. The van der Waals surface area contributed by atoms with Crippen LogP contribution in [0.15, 0.2) is 47.7 Å². The van der Waals surface area contributed by atoms with Gasteiger partial charge in [-0.25, -0.2) is 4.99 Å². The molecule has 29 heavy (non-hydrogen) atoms. The van der Waals surface area contributed by atoms with E-state index in [0.717, 1.165) is 5.56 Å². The minimum Gasteiger partial charge on any atom is -0.484 e. The van der Waals surface area contributed by atoms with Gasteiger partial charge in [-0.1, -0.05) is 12.1 Å². The number of hydrogen-bond acceptors (Lipinski definition) is 4. The number of nitrogens with one attached hydrogen (secondary N) is 2. The van der Waals surface area contributed by atoms with Crippen LogP contribution in [0.2, 0.25) is 0 Å². The molecule has 0 fully saturated rings. The molecule has 0 spiro atoms. The van der Waals surface area contributed by atoms with E-state index in [-0.39, 0.29) is 18.8 Å². The van der Waals surface area contributed by atoms with Gasteiger partial charge >= 0.3 is 6.18 Å². The minimum absolute atomic E-state index is 0.119. The molecule has 0 saturated carbocycles. The zero-order valence-corrected chi connectivity index (χ0v) is 16.3. The van der Waals surface area contributed by atoms with E-state index in [1.54, 1.807) is 49.6 Å². The summed E-state index contributed by atoms with van der Waals surface area (Å²) in [7, 11) is 0. The number of aliphatic imine (C=N–C) groups is 1. The van der Waals surface area contributed by atoms with E-state index in [9.17, 15) is 18.3 Å². The summed E-state index contributed by atoms with van der Waals surface area (Å²) in [6, 6.07) is 8.48. The van der Waals surface area contributed by atoms with Gasteiger partial charge < -0.3 is 20.5 Å². The number of ether oxygens (including phenoxy) is 1. The summed E-state index contributed by atoms with van der Waals surface area (Å²) >= 11 is 0. The number of aryl methyl sites for hydroxylation is 1. The number of rotatable bonds is 8. The van der Waals surface area contributed by atoms with Crippen LogP contribution in [0.5, 0.6) is 5.75 Å². The first-order valence-electron chi connectivity index (χ1n) is 9.17. The maximum Gasteiger partial charge on any atom is 0.422 e. The van der Waals surface area contributed by atoms with E-state index < -0.39 is 18.9 Å². The number of guanidine groups is 1. The number of aromatic nitrogens is 1. The Kier molecular flexibility index (Phi) is 8.26. The average Bonchev–Trinajstić information content (AvgIpc) is 2.69. The Hall–Kier alpha value is -2.81. The molecule has 0 aliphatic heterocycles. The lowest BCUT2D eigenvalue weighted by Crippen LogP contribution is -2.39. The number of pyridine rings is 1. The van der Waals surface area contributed by atoms with Crippen molar-refractivity contribution in [3.63, 3.8) is 0 Å². The van der Waals surface area contributed by atoms with E-state index in [0.29, 0.717) is 23.6 Å². The summed E-state index contributed by atoms with van der Waals surface area (Å²) in [4.78, 5) is 8.30. The monoisotopic (exact) mass is 410 g/mol. The third-order valence-electron chi connectivity index (χ3n) is 3.92. The molecule has 0 radical (unpaired) electrons. The summed E-state index contributed by atoms with van der Waals surface area (Å²) in [6.07, 6.45) is -1.98. The van der Waals surface area contributed by atoms with Crippen LogP contribution in [0.25, 0.3) is 0 Å². The molecule has 3 N–H and O–H groups in total. The van der Waals surface area contributed by atoms with Crippen LogP contribution < -0.4 is 15.4 Å². The van der Waals surface area contributed by atoms with Crippen LogP contribution in [0.1, 0.15) is 29.7 Å². The molecule has 0 saturated heterocycles. The predicted molar refractivity (Wildman–Crippen MR) is 105 cm³/mol. The van der Waals surface area contributed by atoms with Crippen molar-refractivity contribution < 1.29 is 23.0 Å². The molecule has 158 valence electrons. The maximum absolute atomic E-state index is 12.5. The number of halogens is 3. The molecule has 0 amide bonds. The van der Waals surface area contributed by atoms with Gasteiger partial charge in [0.1, 0.15) is 5.75 Å². The van der Waals surface area contributed by atoms with E-state index in [1.807, 2.05) is 6.92 Å². The Morgan fingerprint density at radius 1 is 1.21 bits per heavy atom. The highest BCUT2D eigenvalue weighted by Crippen LogP contribution is 2.24. The van der Waals surface area contributed by atoms with Gasteiger partial charge in [0, 0.05) is 31.0 Å². The number of aliphatic hydroxyl groups is 1. The first-order valence-corrected chi connectivity index (χ1v) is 9.17. The van der Waals surface area contributed by atoms with Crippen molar-refractivity contribution in [1.82, 2.24) is 15.6 Å². The fourth-order valence-corrected chi connectivity index (χ4v) is 2.49. The predicted octanol–water partition coefficient (Wildman–Crippen LogP) is 3.12. The molecule has 1 aromatic carbocycles. The lowest BCUT2D eigenvalue weighted by atomic mass is 10.1. The molecule has 0 bridgehead atoms. The smallest absolute Gasteiger partial charge is 0.422 e. The average molecular weight is 410 g/mol. The molecule has 6 nitrogen and oxygen atoms in total. The third-order valence-corrected chi connectivity index (χ3v) is 3.92. The van der Waals surface area contributed by atoms with Crippen molar-refractivity contribution in [3.8, 4) is 5.75 Å². The van der Waals surface area contributed by atoms with Crippen molar-refractivity contribution in [2.75, 3.05) is 19.7 Å². The zero-order chi connectivity index (χ0) is 21.3. The summed E-state index contributed by atoms with van der Waals surface area (Å²) in [5, 5.41) is 16.3. The normalized spacial score (nSPS) is 13.1. The van der Waals surface area contributed by atoms with Gasteiger partial charge in [-0.15, -0.1) is 0 Å². The van der Waals surface area contributed by atoms with Gasteiger partial charge in [-0.2, -0.15) is 13.2 Å². The highest BCUT2D eigenvalue weighted by atomic mass is 19.4. The summed E-state index contributed by atoms with van der Waals surface area (Å²) in [5.41, 5.74) is 2.04. The summed E-state index contributed by atoms with van der Waals surface area (Å²) in [5.74, 6) is 0.585. The molecule has 9 heteroatoms. The first kappa shape index (κ1) is 22.5. The molecule has 0 aliphatic rings. The van der Waals surface area contributed by atoms with Crippen LogP contribution in [0, 0.1) is 6.92 Å². The van der Waals surface area contributed by atoms with E-state index >= 15 is 0 Å². The highest BCUT2D eigenvalue weighted by molar-refractivity contribution is 5.79. The molecular formula is C20H25F3N4O2. The number of benzene rings is 1. The van der Waals surface area contributed by atoms with E-state index in [1.165, 1.54) is 0 Å². The Morgan fingerprint density at radius 2 is 1.93 bits per heavy atom. The lowest BCUT2D eigenvalue weighted by molar-refractivity contribution is -0.153. The van der Waals surface area contributed by atoms with Crippen molar-refractivity contribution in [1.29, 1.82) is 0 Å². The molecule has 1 aromatic heterocycles. The number of hydrogen-bond donors (Lipinski definition) is 3. The lowest BCUT2D eigenvalue weighted by Gasteiger charge is -2.16. The van der Waals surface area contributed by atoms with Gasteiger partial charge in [-0.05, 0) is 43.2 Å². The third kappa shape index (κ3) is 7.98. The Balaban J connectivity index is 2.05. The Morgan fingerprint density at radius 3 is 2.59 bits per heavy atom. The largest absolute Gasteiger partial charge is 0.484 e. The van der Waals surface area contributed by atoms with Gasteiger partial charge in [0.15, 0.2) is 12.6 Å². The molecule has 2 rings (SSSR count). The second kappa shape index (κ2) is 10.7. The topological polar surface area (TPSA) is 78.8 Å². The minimum atomic E-state index is -4.41. The van der Waals surface area contributed by atoms with Gasteiger partial charge in [0.2, 0.25) is 0 Å². The van der Waals surface area contributed by atoms with Crippen LogP contribution in [-0.2, 0) is 6.54 Å². The molecular weight excluding hydrogens is 385 g/mol. The quantitative estimate of drug-likeness (QED) is 0.460. The molecule has 1 unspecified atom stereocenters. The van der Waals surface area contributed by atoms with Crippen LogP contribution in [-0.4, -0.2) is 41.9 Å². The van der Waals surface area contributed by atoms with Gasteiger partial charge in [0.25, 0.3) is 0 Å². The second-order valence-electron chi connectivity index (χ2n) is 6.39. The van der Waals surface area contributed by atoms with Gasteiger partial charge in [-0.3, -0.25) is 4.98 Å². The fourth-order valence-electron chi connectivity index (χ4n) is 2.49. The van der Waals surface area contributed by atoms with E-state index in [4.69, 9.17) is 4.74 Å². The van der Waals surface area contributed by atoms with Crippen molar-refractivity contribution in [2.24, 2.45) is 4.99 Å². The SMILES string of the molecule is CCNC(=NCc1ccc(C)cc1OCC(F)(F)F)NCC(O)c1ccncc1. The van der Waals surface area contributed by atoms with Crippen LogP contribution >= 0.6 is 0 Å². The standard InChI is InChI=1S/C20H25F3N4O2/c1-3-25-19(27-12-17(28)15-6-8-24-9-7-15)26-11-16-5-4-14(2)10-18(16)29-13-20(21,22)23/h4-10,17,28H,3,11-13H2,1-2H3,(H2,25,26,27).